The lowest BCUT2D eigenvalue weighted by atomic mass is 10.2. The molecule has 0 unspecified atom stereocenters. The number of methoxy groups -OCH3 is 1. The fourth-order valence-electron chi connectivity index (χ4n) is 1.65. The number of halogens is 1. The lowest BCUT2D eigenvalue weighted by molar-refractivity contribution is -0.136. The van der Waals surface area contributed by atoms with Gasteiger partial charge in [0.05, 0.1) is 18.7 Å². The quantitative estimate of drug-likeness (QED) is 0.603. The van der Waals surface area contributed by atoms with Crippen molar-refractivity contribution in [3.05, 3.63) is 52.5 Å². The number of benzene rings is 2. The lowest BCUT2D eigenvalue weighted by Crippen LogP contribution is -2.18. The minimum Gasteiger partial charge on any atom is -0.493 e. The van der Waals surface area contributed by atoms with Crippen LogP contribution < -0.4 is 14.2 Å². The summed E-state index contributed by atoms with van der Waals surface area (Å²) in [5.41, 5.74) is 0.419. The molecular weight excluding hydrogens is 350 g/mol. The van der Waals surface area contributed by atoms with E-state index < -0.39 is 5.97 Å². The number of carbonyl (C=O) groups excluding carboxylic acids is 1. The summed E-state index contributed by atoms with van der Waals surface area (Å²) >= 11 is 3.31. The largest absolute Gasteiger partial charge is 0.493 e. The Hall–Kier alpha value is -2.52. The minimum atomic E-state index is -0.564. The van der Waals surface area contributed by atoms with Crippen LogP contribution in [0.3, 0.4) is 0 Å². The second-order valence-electron chi connectivity index (χ2n) is 4.19. The van der Waals surface area contributed by atoms with Crippen LogP contribution in [0.2, 0.25) is 0 Å². The molecular formula is C16H12BrNO4. The van der Waals surface area contributed by atoms with Gasteiger partial charge in [0, 0.05) is 10.5 Å². The van der Waals surface area contributed by atoms with Crippen LogP contribution in [0, 0.1) is 11.3 Å². The molecule has 0 saturated carbocycles. The van der Waals surface area contributed by atoms with Crippen molar-refractivity contribution in [1.82, 2.24) is 0 Å². The highest BCUT2D eigenvalue weighted by Crippen LogP contribution is 2.28. The summed E-state index contributed by atoms with van der Waals surface area (Å²) in [4.78, 5) is 11.8. The second kappa shape index (κ2) is 7.48. The van der Waals surface area contributed by atoms with Crippen LogP contribution in [0.5, 0.6) is 17.2 Å². The van der Waals surface area contributed by atoms with Gasteiger partial charge in [-0.3, -0.25) is 0 Å². The van der Waals surface area contributed by atoms with Gasteiger partial charge in [-0.2, -0.15) is 5.26 Å². The Kier molecular flexibility index (Phi) is 5.39. The molecule has 0 N–H and O–H groups in total. The average Bonchev–Trinajstić information content (AvgIpc) is 2.54. The van der Waals surface area contributed by atoms with Crippen molar-refractivity contribution in [1.29, 1.82) is 5.26 Å². The Bertz CT molecular complexity index is 707. The summed E-state index contributed by atoms with van der Waals surface area (Å²) in [6.07, 6.45) is 0. The van der Waals surface area contributed by atoms with Gasteiger partial charge in [-0.15, -0.1) is 0 Å². The molecule has 6 heteroatoms. The summed E-state index contributed by atoms with van der Waals surface area (Å²) in [5.74, 6) is 0.555. The summed E-state index contributed by atoms with van der Waals surface area (Å²) in [6.45, 7) is -0.231. The Morgan fingerprint density at radius 2 is 1.91 bits per heavy atom. The Labute approximate surface area is 136 Å². The zero-order valence-corrected chi connectivity index (χ0v) is 13.3. The predicted molar refractivity (Wildman–Crippen MR) is 83.0 cm³/mol. The first-order valence-corrected chi connectivity index (χ1v) is 7.09. The van der Waals surface area contributed by atoms with Gasteiger partial charge in [-0.1, -0.05) is 15.9 Å². The van der Waals surface area contributed by atoms with Crippen LogP contribution in [-0.4, -0.2) is 19.7 Å². The maximum atomic E-state index is 11.8. The number of esters is 1. The van der Waals surface area contributed by atoms with Crippen molar-refractivity contribution >= 4 is 21.9 Å². The van der Waals surface area contributed by atoms with Crippen molar-refractivity contribution in [3.8, 4) is 23.3 Å². The molecule has 112 valence electrons. The van der Waals surface area contributed by atoms with E-state index in [-0.39, 0.29) is 12.4 Å². The number of rotatable bonds is 5. The molecule has 0 fully saturated rings. The predicted octanol–water partition coefficient (Wildman–Crippen LogP) is 3.31. The number of hydrogen-bond donors (Lipinski definition) is 0. The molecule has 2 aromatic carbocycles. The number of nitriles is 1. The molecule has 5 nitrogen and oxygen atoms in total. The molecule has 0 heterocycles. The van der Waals surface area contributed by atoms with E-state index in [4.69, 9.17) is 19.5 Å². The maximum Gasteiger partial charge on any atom is 0.349 e. The van der Waals surface area contributed by atoms with Crippen molar-refractivity contribution in [2.45, 2.75) is 0 Å². The fourth-order valence-corrected chi connectivity index (χ4v) is 1.91. The highest BCUT2D eigenvalue weighted by molar-refractivity contribution is 9.10. The summed E-state index contributed by atoms with van der Waals surface area (Å²) in [5, 5.41) is 8.82. The molecule has 2 rings (SSSR count). The summed E-state index contributed by atoms with van der Waals surface area (Å²) in [7, 11) is 1.44. The van der Waals surface area contributed by atoms with Gasteiger partial charge < -0.3 is 14.2 Å². The second-order valence-corrected chi connectivity index (χ2v) is 5.11. The van der Waals surface area contributed by atoms with Crippen molar-refractivity contribution in [3.63, 3.8) is 0 Å². The smallest absolute Gasteiger partial charge is 0.349 e. The van der Waals surface area contributed by atoms with Crippen molar-refractivity contribution < 1.29 is 19.0 Å². The first kappa shape index (κ1) is 15.9. The average molecular weight is 362 g/mol. The maximum absolute atomic E-state index is 11.8. The van der Waals surface area contributed by atoms with Gasteiger partial charge in [0.25, 0.3) is 0 Å². The van der Waals surface area contributed by atoms with E-state index in [1.54, 1.807) is 18.2 Å². The molecule has 0 aliphatic rings. The Balaban J connectivity index is 1.97. The number of nitrogens with zero attached hydrogens (tertiary/aromatic N) is 1. The molecule has 0 radical (unpaired) electrons. The van der Waals surface area contributed by atoms with Gasteiger partial charge in [0.1, 0.15) is 5.75 Å². The van der Waals surface area contributed by atoms with E-state index in [0.29, 0.717) is 17.1 Å². The Morgan fingerprint density at radius 3 is 2.55 bits per heavy atom. The van der Waals surface area contributed by atoms with Crippen LogP contribution >= 0.6 is 15.9 Å². The fraction of sp³-hybridized carbons (Fsp3) is 0.125. The third-order valence-corrected chi connectivity index (χ3v) is 3.22. The van der Waals surface area contributed by atoms with Gasteiger partial charge in [-0.25, -0.2) is 4.79 Å². The third-order valence-electron chi connectivity index (χ3n) is 2.69. The van der Waals surface area contributed by atoms with Crippen LogP contribution in [-0.2, 0) is 4.79 Å². The van der Waals surface area contributed by atoms with E-state index in [2.05, 4.69) is 15.9 Å². The zero-order chi connectivity index (χ0) is 15.9. The molecule has 2 aromatic rings. The topological polar surface area (TPSA) is 68.5 Å². The van der Waals surface area contributed by atoms with Crippen molar-refractivity contribution in [2.24, 2.45) is 0 Å². The molecule has 0 aliphatic carbocycles. The molecule has 0 atom stereocenters. The van der Waals surface area contributed by atoms with Crippen LogP contribution in [0.15, 0.2) is 46.9 Å². The number of ether oxygens (including phenoxy) is 3. The molecule has 0 saturated heterocycles. The summed E-state index contributed by atoms with van der Waals surface area (Å²) < 4.78 is 16.5. The van der Waals surface area contributed by atoms with E-state index >= 15 is 0 Å². The van der Waals surface area contributed by atoms with Crippen molar-refractivity contribution in [2.75, 3.05) is 13.7 Å². The monoisotopic (exact) mass is 361 g/mol. The number of hydrogen-bond acceptors (Lipinski definition) is 5. The highest BCUT2D eigenvalue weighted by Gasteiger charge is 2.11. The molecule has 0 aliphatic heterocycles. The zero-order valence-electron chi connectivity index (χ0n) is 11.7. The van der Waals surface area contributed by atoms with Gasteiger partial charge in [-0.05, 0) is 36.4 Å². The van der Waals surface area contributed by atoms with Gasteiger partial charge in [0.2, 0.25) is 0 Å². The molecule has 0 spiro atoms. The highest BCUT2D eigenvalue weighted by atomic mass is 79.9. The first-order valence-electron chi connectivity index (χ1n) is 6.29. The molecule has 0 aromatic heterocycles. The SMILES string of the molecule is COc1cc(C#N)ccc1OC(=O)COc1ccc(Br)cc1. The lowest BCUT2D eigenvalue weighted by Gasteiger charge is -2.10. The molecule has 0 bridgehead atoms. The summed E-state index contributed by atoms with van der Waals surface area (Å²) in [6, 6.07) is 13.6. The first-order chi connectivity index (χ1) is 10.6. The van der Waals surface area contributed by atoms with Crippen LogP contribution in [0.4, 0.5) is 0 Å². The Morgan fingerprint density at radius 1 is 1.18 bits per heavy atom. The van der Waals surface area contributed by atoms with Gasteiger partial charge in [0.15, 0.2) is 18.1 Å². The van der Waals surface area contributed by atoms with Crippen LogP contribution in [0.1, 0.15) is 5.56 Å². The van der Waals surface area contributed by atoms with E-state index in [1.165, 1.54) is 19.2 Å². The van der Waals surface area contributed by atoms with E-state index in [9.17, 15) is 4.79 Å². The normalized spacial score (nSPS) is 9.68. The number of carbonyl (C=O) groups is 1. The standard InChI is InChI=1S/C16H12BrNO4/c1-20-15-8-11(9-18)2-7-14(15)22-16(19)10-21-13-5-3-12(17)4-6-13/h2-8H,10H2,1H3. The van der Waals surface area contributed by atoms with Gasteiger partial charge >= 0.3 is 5.97 Å². The molecule has 0 amide bonds. The van der Waals surface area contributed by atoms with E-state index in [1.807, 2.05) is 18.2 Å². The third kappa shape index (κ3) is 4.24. The van der Waals surface area contributed by atoms with Crippen LogP contribution in [0.25, 0.3) is 0 Å². The molecule has 22 heavy (non-hydrogen) atoms. The van der Waals surface area contributed by atoms with E-state index in [0.717, 1.165) is 4.47 Å². The minimum absolute atomic E-state index is 0.231.